The standard InChI is InChI=1S/C15H21NO6/c1-2-21-15(20)10-3-5-16(6-4-10)8-13-14(19)12(18)7-11(9-17)22-13/h7,10,17,19H,2-6,8-9H2,1H3. The van der Waals surface area contributed by atoms with Gasteiger partial charge >= 0.3 is 5.97 Å². The summed E-state index contributed by atoms with van der Waals surface area (Å²) >= 11 is 0. The van der Waals surface area contributed by atoms with Crippen molar-refractivity contribution in [2.45, 2.75) is 32.9 Å². The van der Waals surface area contributed by atoms with Gasteiger partial charge in [0.25, 0.3) is 0 Å². The zero-order valence-electron chi connectivity index (χ0n) is 12.6. The van der Waals surface area contributed by atoms with Gasteiger partial charge in [-0.2, -0.15) is 0 Å². The molecule has 1 fully saturated rings. The molecule has 122 valence electrons. The van der Waals surface area contributed by atoms with Crippen LogP contribution >= 0.6 is 0 Å². The maximum Gasteiger partial charge on any atom is 0.309 e. The Morgan fingerprint density at radius 1 is 1.45 bits per heavy atom. The van der Waals surface area contributed by atoms with Gasteiger partial charge in [0.1, 0.15) is 12.4 Å². The third-order valence-electron chi connectivity index (χ3n) is 3.77. The highest BCUT2D eigenvalue weighted by Gasteiger charge is 2.27. The number of aliphatic hydroxyl groups is 1. The topological polar surface area (TPSA) is 100 Å². The Kier molecular flexibility index (Phi) is 5.57. The number of hydrogen-bond acceptors (Lipinski definition) is 7. The van der Waals surface area contributed by atoms with Gasteiger partial charge in [0, 0.05) is 6.07 Å². The van der Waals surface area contributed by atoms with Crippen LogP contribution in [0, 0.1) is 5.92 Å². The third-order valence-corrected chi connectivity index (χ3v) is 3.77. The van der Waals surface area contributed by atoms with Crippen molar-refractivity contribution in [1.82, 2.24) is 4.90 Å². The van der Waals surface area contributed by atoms with Crippen molar-refractivity contribution in [3.63, 3.8) is 0 Å². The lowest BCUT2D eigenvalue weighted by atomic mass is 9.97. The molecule has 2 N–H and O–H groups in total. The number of rotatable bonds is 5. The van der Waals surface area contributed by atoms with Crippen molar-refractivity contribution in [2.75, 3.05) is 19.7 Å². The summed E-state index contributed by atoms with van der Waals surface area (Å²) < 4.78 is 10.3. The Morgan fingerprint density at radius 2 is 2.14 bits per heavy atom. The summed E-state index contributed by atoms with van der Waals surface area (Å²) in [5.74, 6) is -0.422. The predicted octanol–water partition coefficient (Wildman–Crippen LogP) is 0.613. The summed E-state index contributed by atoms with van der Waals surface area (Å²) in [4.78, 5) is 25.2. The lowest BCUT2D eigenvalue weighted by Gasteiger charge is -2.30. The monoisotopic (exact) mass is 311 g/mol. The summed E-state index contributed by atoms with van der Waals surface area (Å²) in [5, 5.41) is 18.8. The van der Waals surface area contributed by atoms with Gasteiger partial charge in [-0.1, -0.05) is 0 Å². The quantitative estimate of drug-likeness (QED) is 0.768. The first-order valence-electron chi connectivity index (χ1n) is 7.39. The van der Waals surface area contributed by atoms with Crippen LogP contribution in [0.15, 0.2) is 15.3 Å². The van der Waals surface area contributed by atoms with E-state index >= 15 is 0 Å². The molecule has 22 heavy (non-hydrogen) atoms. The van der Waals surface area contributed by atoms with Crippen molar-refractivity contribution in [3.8, 4) is 5.75 Å². The fraction of sp³-hybridized carbons (Fsp3) is 0.600. The molecule has 0 aliphatic carbocycles. The van der Waals surface area contributed by atoms with Gasteiger partial charge in [0.15, 0.2) is 5.76 Å². The number of ether oxygens (including phenoxy) is 1. The van der Waals surface area contributed by atoms with Gasteiger partial charge in [-0.15, -0.1) is 0 Å². The highest BCUT2D eigenvalue weighted by atomic mass is 16.5. The fourth-order valence-corrected chi connectivity index (χ4v) is 2.56. The number of nitrogens with zero attached hydrogens (tertiary/aromatic N) is 1. The van der Waals surface area contributed by atoms with Crippen LogP contribution in [-0.4, -0.2) is 40.8 Å². The summed E-state index contributed by atoms with van der Waals surface area (Å²) in [6.07, 6.45) is 1.34. The number of piperidine rings is 1. The first-order valence-corrected chi connectivity index (χ1v) is 7.39. The van der Waals surface area contributed by atoms with Gasteiger partial charge in [-0.25, -0.2) is 0 Å². The average Bonchev–Trinajstić information content (AvgIpc) is 2.52. The molecule has 7 heteroatoms. The van der Waals surface area contributed by atoms with E-state index in [1.807, 2.05) is 4.90 Å². The van der Waals surface area contributed by atoms with Crippen LogP contribution in [0.5, 0.6) is 5.75 Å². The molecule has 7 nitrogen and oxygen atoms in total. The number of carbonyl (C=O) groups excluding carboxylic acids is 1. The number of aliphatic hydroxyl groups excluding tert-OH is 1. The Balaban J connectivity index is 1.98. The van der Waals surface area contributed by atoms with Crippen molar-refractivity contribution in [1.29, 1.82) is 0 Å². The summed E-state index contributed by atoms with van der Waals surface area (Å²) in [6.45, 7) is 3.34. The van der Waals surface area contributed by atoms with Gasteiger partial charge in [0.2, 0.25) is 11.2 Å². The number of hydrogen-bond donors (Lipinski definition) is 2. The molecular formula is C15H21NO6. The fourth-order valence-electron chi connectivity index (χ4n) is 2.56. The molecule has 0 radical (unpaired) electrons. The maximum atomic E-state index is 11.7. The number of esters is 1. The van der Waals surface area contributed by atoms with E-state index in [0.717, 1.165) is 6.07 Å². The summed E-state index contributed by atoms with van der Waals surface area (Å²) in [6, 6.07) is 1.08. The van der Waals surface area contributed by atoms with Gasteiger partial charge < -0.3 is 19.4 Å². The molecular weight excluding hydrogens is 290 g/mol. The highest BCUT2D eigenvalue weighted by Crippen LogP contribution is 2.22. The van der Waals surface area contributed by atoms with E-state index in [9.17, 15) is 14.7 Å². The molecule has 0 bridgehead atoms. The summed E-state index contributed by atoms with van der Waals surface area (Å²) in [7, 11) is 0. The predicted molar refractivity (Wildman–Crippen MR) is 77.2 cm³/mol. The van der Waals surface area contributed by atoms with Crippen LogP contribution in [0.4, 0.5) is 0 Å². The molecule has 1 aromatic heterocycles. The molecule has 2 rings (SSSR count). The van der Waals surface area contributed by atoms with Crippen LogP contribution in [0.3, 0.4) is 0 Å². The molecule has 0 saturated carbocycles. The molecule has 0 spiro atoms. The lowest BCUT2D eigenvalue weighted by molar-refractivity contribution is -0.149. The molecule has 0 aromatic carbocycles. The maximum absolute atomic E-state index is 11.7. The Labute approximate surface area is 128 Å². The first kappa shape index (κ1) is 16.5. The summed E-state index contributed by atoms with van der Waals surface area (Å²) in [5.41, 5.74) is -0.563. The lowest BCUT2D eigenvalue weighted by Crippen LogP contribution is -2.36. The van der Waals surface area contributed by atoms with Crippen molar-refractivity contribution in [2.24, 2.45) is 5.92 Å². The van der Waals surface area contributed by atoms with Crippen LogP contribution in [0.2, 0.25) is 0 Å². The smallest absolute Gasteiger partial charge is 0.309 e. The van der Waals surface area contributed by atoms with Crippen molar-refractivity contribution in [3.05, 3.63) is 27.8 Å². The molecule has 1 aromatic rings. The van der Waals surface area contributed by atoms with E-state index in [4.69, 9.17) is 14.3 Å². The van der Waals surface area contributed by atoms with E-state index in [1.165, 1.54) is 0 Å². The minimum Gasteiger partial charge on any atom is -0.502 e. The van der Waals surface area contributed by atoms with Crippen LogP contribution < -0.4 is 5.43 Å². The first-order chi connectivity index (χ1) is 10.5. The molecule has 0 atom stereocenters. The second-order valence-corrected chi connectivity index (χ2v) is 5.31. The zero-order chi connectivity index (χ0) is 16.1. The van der Waals surface area contributed by atoms with E-state index in [-0.39, 0.29) is 30.0 Å². The SMILES string of the molecule is CCOC(=O)C1CCN(Cc2oc(CO)cc(=O)c2O)CC1. The van der Waals surface area contributed by atoms with Crippen LogP contribution in [-0.2, 0) is 22.7 Å². The third kappa shape index (κ3) is 3.86. The second kappa shape index (κ2) is 7.42. The van der Waals surface area contributed by atoms with Crippen molar-refractivity contribution >= 4 is 5.97 Å². The number of carbonyl (C=O) groups is 1. The van der Waals surface area contributed by atoms with E-state index < -0.39 is 17.8 Å². The Hall–Kier alpha value is -1.86. The van der Waals surface area contributed by atoms with Gasteiger partial charge in [0.05, 0.1) is 19.1 Å². The van der Waals surface area contributed by atoms with E-state index in [2.05, 4.69) is 0 Å². The molecule has 1 aliphatic rings. The number of likely N-dealkylation sites (tertiary alicyclic amines) is 1. The Morgan fingerprint density at radius 3 is 2.73 bits per heavy atom. The van der Waals surface area contributed by atoms with E-state index in [0.29, 0.717) is 32.5 Å². The van der Waals surface area contributed by atoms with E-state index in [1.54, 1.807) is 6.92 Å². The molecule has 1 aliphatic heterocycles. The normalized spacial score (nSPS) is 16.6. The minimum absolute atomic E-state index is 0.0967. The van der Waals surface area contributed by atoms with Gasteiger partial charge in [-0.05, 0) is 32.9 Å². The highest BCUT2D eigenvalue weighted by molar-refractivity contribution is 5.72. The molecule has 0 unspecified atom stereocenters. The number of aromatic hydroxyl groups is 1. The van der Waals surface area contributed by atoms with Crippen LogP contribution in [0.25, 0.3) is 0 Å². The molecule has 0 amide bonds. The van der Waals surface area contributed by atoms with Crippen LogP contribution in [0.1, 0.15) is 31.3 Å². The van der Waals surface area contributed by atoms with Gasteiger partial charge in [-0.3, -0.25) is 14.5 Å². The second-order valence-electron chi connectivity index (χ2n) is 5.31. The largest absolute Gasteiger partial charge is 0.502 e. The van der Waals surface area contributed by atoms with Crippen molar-refractivity contribution < 1.29 is 24.2 Å². The zero-order valence-corrected chi connectivity index (χ0v) is 12.6. The minimum atomic E-state index is -0.563. The molecule has 1 saturated heterocycles. The average molecular weight is 311 g/mol. The molecule has 2 heterocycles. The Bertz CT molecular complexity index is 574.